The lowest BCUT2D eigenvalue weighted by molar-refractivity contribution is 0.299. The van der Waals surface area contributed by atoms with E-state index in [9.17, 15) is 0 Å². The molecule has 0 fully saturated rings. The molecule has 0 radical (unpaired) electrons. The Hall–Kier alpha value is -2.62. The molecule has 26 heavy (non-hydrogen) atoms. The van der Waals surface area contributed by atoms with E-state index in [1.54, 1.807) is 0 Å². The Bertz CT molecular complexity index is 817. The van der Waals surface area contributed by atoms with Gasteiger partial charge in [-0.2, -0.15) is 0 Å². The largest absolute Gasteiger partial charge is 0.493 e. The molecular formula is C22H26N2O2. The summed E-state index contributed by atoms with van der Waals surface area (Å²) in [5.74, 6) is 1.98. The number of benzene rings is 1. The highest BCUT2D eigenvalue weighted by Gasteiger charge is 2.08. The van der Waals surface area contributed by atoms with Crippen LogP contribution in [0.3, 0.4) is 0 Å². The van der Waals surface area contributed by atoms with Gasteiger partial charge in [0.15, 0.2) is 0 Å². The fraction of sp³-hybridized carbons (Fsp3) is 0.364. The van der Waals surface area contributed by atoms with Crippen molar-refractivity contribution in [2.75, 3.05) is 6.61 Å². The van der Waals surface area contributed by atoms with Crippen molar-refractivity contribution in [1.29, 1.82) is 0 Å². The maximum Gasteiger partial charge on any atom is 0.136 e. The van der Waals surface area contributed by atoms with Crippen molar-refractivity contribution in [1.82, 2.24) is 10.1 Å². The van der Waals surface area contributed by atoms with Crippen molar-refractivity contribution in [3.05, 3.63) is 65.3 Å². The third-order valence-corrected chi connectivity index (χ3v) is 4.46. The summed E-state index contributed by atoms with van der Waals surface area (Å²) in [6, 6.07) is 10.4. The summed E-state index contributed by atoms with van der Waals surface area (Å²) in [5, 5.41) is 3.92. The van der Waals surface area contributed by atoms with E-state index < -0.39 is 0 Å². The van der Waals surface area contributed by atoms with E-state index in [2.05, 4.69) is 36.1 Å². The van der Waals surface area contributed by atoms with Crippen LogP contribution in [0.2, 0.25) is 0 Å². The molecule has 0 saturated carbocycles. The molecule has 0 amide bonds. The Kier molecular flexibility index (Phi) is 6.05. The predicted octanol–water partition coefficient (Wildman–Crippen LogP) is 5.45. The van der Waals surface area contributed by atoms with Gasteiger partial charge in [0.1, 0.15) is 11.5 Å². The van der Waals surface area contributed by atoms with Crippen molar-refractivity contribution in [3.8, 4) is 16.9 Å². The molecule has 2 heterocycles. The molecule has 3 rings (SSSR count). The zero-order valence-electron chi connectivity index (χ0n) is 15.8. The van der Waals surface area contributed by atoms with Crippen LogP contribution in [0.1, 0.15) is 41.8 Å². The number of rotatable bonds is 8. The smallest absolute Gasteiger partial charge is 0.136 e. The Balaban J connectivity index is 1.49. The molecule has 0 N–H and O–H groups in total. The van der Waals surface area contributed by atoms with Crippen LogP contribution in [0.15, 0.2) is 47.2 Å². The second-order valence-electron chi connectivity index (χ2n) is 6.77. The molecular weight excluding hydrogens is 324 g/mol. The van der Waals surface area contributed by atoms with E-state index in [0.717, 1.165) is 49.5 Å². The van der Waals surface area contributed by atoms with Crippen LogP contribution in [0.25, 0.3) is 11.1 Å². The topological polar surface area (TPSA) is 48.2 Å². The number of aryl methyl sites for hydroxylation is 4. The molecule has 4 heteroatoms. The van der Waals surface area contributed by atoms with Gasteiger partial charge < -0.3 is 9.26 Å². The molecule has 0 unspecified atom stereocenters. The molecule has 0 aliphatic heterocycles. The van der Waals surface area contributed by atoms with Gasteiger partial charge in [0, 0.05) is 24.9 Å². The summed E-state index contributed by atoms with van der Waals surface area (Å²) in [6.07, 6.45) is 7.84. The van der Waals surface area contributed by atoms with Crippen molar-refractivity contribution in [2.24, 2.45) is 0 Å². The first-order valence-corrected chi connectivity index (χ1v) is 9.20. The number of hydrogen-bond acceptors (Lipinski definition) is 4. The molecule has 0 bridgehead atoms. The summed E-state index contributed by atoms with van der Waals surface area (Å²) in [5.41, 5.74) is 5.69. The fourth-order valence-corrected chi connectivity index (χ4v) is 3.18. The number of nitrogens with zero attached hydrogens (tertiary/aromatic N) is 2. The van der Waals surface area contributed by atoms with Gasteiger partial charge in [-0.25, -0.2) is 0 Å². The molecule has 0 aliphatic rings. The minimum absolute atomic E-state index is 0.742. The quantitative estimate of drug-likeness (QED) is 0.507. The van der Waals surface area contributed by atoms with E-state index >= 15 is 0 Å². The molecule has 0 atom stereocenters. The van der Waals surface area contributed by atoms with E-state index in [1.165, 1.54) is 22.3 Å². The maximum absolute atomic E-state index is 6.07. The van der Waals surface area contributed by atoms with Crippen molar-refractivity contribution >= 4 is 0 Å². The Labute approximate surface area is 155 Å². The first-order chi connectivity index (χ1) is 12.6. The SMILES string of the molecule is Cc1cc(CCCCCOc2c(C)cc(-c3ccncc3)cc2C)on1. The maximum atomic E-state index is 6.07. The summed E-state index contributed by atoms with van der Waals surface area (Å²) < 4.78 is 11.3. The number of aromatic nitrogens is 2. The van der Waals surface area contributed by atoms with Gasteiger partial charge in [-0.15, -0.1) is 0 Å². The van der Waals surface area contributed by atoms with Gasteiger partial charge in [0.25, 0.3) is 0 Å². The molecule has 1 aromatic carbocycles. The van der Waals surface area contributed by atoms with Crippen LogP contribution in [0.4, 0.5) is 0 Å². The van der Waals surface area contributed by atoms with Crippen molar-refractivity contribution in [2.45, 2.75) is 46.5 Å². The summed E-state index contributed by atoms with van der Waals surface area (Å²) in [6.45, 7) is 6.91. The minimum atomic E-state index is 0.742. The molecule has 136 valence electrons. The molecule has 0 spiro atoms. The van der Waals surface area contributed by atoms with Crippen LogP contribution >= 0.6 is 0 Å². The van der Waals surface area contributed by atoms with Crippen LogP contribution in [-0.4, -0.2) is 16.7 Å². The van der Waals surface area contributed by atoms with Crippen LogP contribution in [0.5, 0.6) is 5.75 Å². The Morgan fingerprint density at radius 3 is 2.27 bits per heavy atom. The zero-order chi connectivity index (χ0) is 18.4. The molecule has 2 aromatic heterocycles. The van der Waals surface area contributed by atoms with E-state index in [1.807, 2.05) is 37.5 Å². The number of ether oxygens (including phenoxy) is 1. The van der Waals surface area contributed by atoms with Crippen molar-refractivity contribution in [3.63, 3.8) is 0 Å². The predicted molar refractivity (Wildman–Crippen MR) is 103 cm³/mol. The fourth-order valence-electron chi connectivity index (χ4n) is 3.18. The summed E-state index contributed by atoms with van der Waals surface area (Å²) in [7, 11) is 0. The summed E-state index contributed by atoms with van der Waals surface area (Å²) >= 11 is 0. The van der Waals surface area contributed by atoms with Crippen LogP contribution in [0, 0.1) is 20.8 Å². The highest BCUT2D eigenvalue weighted by Crippen LogP contribution is 2.30. The number of hydrogen-bond donors (Lipinski definition) is 0. The third-order valence-electron chi connectivity index (χ3n) is 4.46. The average Bonchev–Trinajstić information content (AvgIpc) is 3.05. The van der Waals surface area contributed by atoms with E-state index in [0.29, 0.717) is 0 Å². The second kappa shape index (κ2) is 8.65. The average molecular weight is 350 g/mol. The third kappa shape index (κ3) is 4.72. The van der Waals surface area contributed by atoms with Gasteiger partial charge in [-0.3, -0.25) is 4.98 Å². The zero-order valence-corrected chi connectivity index (χ0v) is 15.8. The monoisotopic (exact) mass is 350 g/mol. The molecule has 3 aromatic rings. The lowest BCUT2D eigenvalue weighted by atomic mass is 10.0. The van der Waals surface area contributed by atoms with Crippen molar-refractivity contribution < 1.29 is 9.26 Å². The summed E-state index contributed by atoms with van der Waals surface area (Å²) in [4.78, 5) is 4.08. The van der Waals surface area contributed by atoms with Gasteiger partial charge in [0.2, 0.25) is 0 Å². The highest BCUT2D eigenvalue weighted by atomic mass is 16.5. The highest BCUT2D eigenvalue weighted by molar-refractivity contribution is 5.66. The van der Waals surface area contributed by atoms with Crippen LogP contribution < -0.4 is 4.74 Å². The minimum Gasteiger partial charge on any atom is -0.493 e. The van der Waals surface area contributed by atoms with Gasteiger partial charge in [-0.05, 0) is 86.6 Å². The lowest BCUT2D eigenvalue weighted by Gasteiger charge is -2.14. The lowest BCUT2D eigenvalue weighted by Crippen LogP contribution is -2.01. The molecule has 4 nitrogen and oxygen atoms in total. The first-order valence-electron chi connectivity index (χ1n) is 9.20. The van der Waals surface area contributed by atoms with Gasteiger partial charge in [0.05, 0.1) is 12.3 Å². The standard InChI is InChI=1S/C22H26N2O2/c1-16-13-20(19-8-10-23-11-9-19)14-17(2)22(16)25-12-6-4-5-7-21-15-18(3)24-26-21/h8-11,13-15H,4-7,12H2,1-3H3. The Morgan fingerprint density at radius 1 is 0.885 bits per heavy atom. The number of pyridine rings is 1. The molecule has 0 saturated heterocycles. The van der Waals surface area contributed by atoms with Gasteiger partial charge in [-0.1, -0.05) is 5.16 Å². The normalized spacial score (nSPS) is 10.9. The van der Waals surface area contributed by atoms with E-state index in [-0.39, 0.29) is 0 Å². The molecule has 0 aliphatic carbocycles. The Morgan fingerprint density at radius 2 is 1.62 bits per heavy atom. The second-order valence-corrected chi connectivity index (χ2v) is 6.77. The number of unbranched alkanes of at least 4 members (excludes halogenated alkanes) is 2. The van der Waals surface area contributed by atoms with Crippen LogP contribution in [-0.2, 0) is 6.42 Å². The van der Waals surface area contributed by atoms with E-state index in [4.69, 9.17) is 9.26 Å². The van der Waals surface area contributed by atoms with Gasteiger partial charge >= 0.3 is 0 Å². The first kappa shape index (κ1) is 18.2.